The second-order valence-corrected chi connectivity index (χ2v) is 5.69. The highest BCUT2D eigenvalue weighted by Gasteiger charge is 2.19. The van der Waals surface area contributed by atoms with E-state index in [-0.39, 0.29) is 6.04 Å². The SMILES string of the molecule is CCn1nccc1C(N)CC1CCSCC1. The van der Waals surface area contributed by atoms with Crippen LogP contribution in [-0.2, 0) is 6.54 Å². The predicted molar refractivity (Wildman–Crippen MR) is 69.5 cm³/mol. The van der Waals surface area contributed by atoms with Crippen molar-refractivity contribution in [2.75, 3.05) is 11.5 Å². The van der Waals surface area contributed by atoms with Gasteiger partial charge in [-0.05, 0) is 49.7 Å². The monoisotopic (exact) mass is 239 g/mol. The maximum absolute atomic E-state index is 6.28. The topological polar surface area (TPSA) is 43.8 Å². The van der Waals surface area contributed by atoms with Gasteiger partial charge in [-0.1, -0.05) is 0 Å². The predicted octanol–water partition coefficient (Wildman–Crippen LogP) is 2.44. The van der Waals surface area contributed by atoms with E-state index >= 15 is 0 Å². The summed E-state index contributed by atoms with van der Waals surface area (Å²) in [4.78, 5) is 0. The lowest BCUT2D eigenvalue weighted by Crippen LogP contribution is -2.21. The summed E-state index contributed by atoms with van der Waals surface area (Å²) >= 11 is 2.07. The minimum atomic E-state index is 0.163. The van der Waals surface area contributed by atoms with Crippen LogP contribution in [0.25, 0.3) is 0 Å². The van der Waals surface area contributed by atoms with E-state index in [0.717, 1.165) is 18.9 Å². The maximum atomic E-state index is 6.28. The minimum absolute atomic E-state index is 0.163. The van der Waals surface area contributed by atoms with Gasteiger partial charge in [0.15, 0.2) is 0 Å². The highest BCUT2D eigenvalue weighted by Crippen LogP contribution is 2.29. The number of hydrogen-bond acceptors (Lipinski definition) is 3. The van der Waals surface area contributed by atoms with Gasteiger partial charge in [-0.2, -0.15) is 16.9 Å². The van der Waals surface area contributed by atoms with Gasteiger partial charge >= 0.3 is 0 Å². The molecule has 1 aliphatic heterocycles. The molecule has 2 heterocycles. The van der Waals surface area contributed by atoms with E-state index in [1.165, 1.54) is 30.0 Å². The number of nitrogens with zero attached hydrogens (tertiary/aromatic N) is 2. The fourth-order valence-corrected chi connectivity index (χ4v) is 3.59. The first-order valence-corrected chi connectivity index (χ1v) is 7.31. The summed E-state index contributed by atoms with van der Waals surface area (Å²) in [7, 11) is 0. The van der Waals surface area contributed by atoms with Gasteiger partial charge in [0.1, 0.15) is 0 Å². The molecule has 1 aromatic rings. The van der Waals surface area contributed by atoms with Crippen LogP contribution in [0.1, 0.15) is 37.9 Å². The number of nitrogens with two attached hydrogens (primary N) is 1. The van der Waals surface area contributed by atoms with E-state index in [0.29, 0.717) is 0 Å². The largest absolute Gasteiger partial charge is 0.323 e. The van der Waals surface area contributed by atoms with Crippen LogP contribution in [-0.4, -0.2) is 21.3 Å². The molecular formula is C12H21N3S. The van der Waals surface area contributed by atoms with Gasteiger partial charge < -0.3 is 5.73 Å². The smallest absolute Gasteiger partial charge is 0.0551 e. The summed E-state index contributed by atoms with van der Waals surface area (Å²) in [5.74, 6) is 3.44. The lowest BCUT2D eigenvalue weighted by atomic mass is 9.93. The molecule has 0 spiro atoms. The molecule has 0 aliphatic carbocycles. The van der Waals surface area contributed by atoms with Gasteiger partial charge in [0.2, 0.25) is 0 Å². The Bertz CT molecular complexity index is 318. The fourth-order valence-electron chi connectivity index (χ4n) is 2.38. The molecule has 0 bridgehead atoms. The Kier molecular flexibility index (Phi) is 4.29. The first-order valence-electron chi connectivity index (χ1n) is 6.16. The number of hydrogen-bond donors (Lipinski definition) is 1. The molecule has 2 rings (SSSR count). The van der Waals surface area contributed by atoms with Crippen molar-refractivity contribution in [1.82, 2.24) is 9.78 Å². The highest BCUT2D eigenvalue weighted by atomic mass is 32.2. The Balaban J connectivity index is 1.93. The Morgan fingerprint density at radius 3 is 3.00 bits per heavy atom. The zero-order chi connectivity index (χ0) is 11.4. The van der Waals surface area contributed by atoms with Gasteiger partial charge in [0, 0.05) is 18.8 Å². The molecule has 4 heteroatoms. The summed E-state index contributed by atoms with van der Waals surface area (Å²) in [6, 6.07) is 2.22. The summed E-state index contributed by atoms with van der Waals surface area (Å²) in [5, 5.41) is 4.28. The molecule has 0 saturated carbocycles. The molecule has 0 aromatic carbocycles. The molecule has 1 saturated heterocycles. The molecule has 1 aliphatic rings. The average molecular weight is 239 g/mol. The first kappa shape index (κ1) is 12.0. The van der Waals surface area contributed by atoms with Crippen LogP contribution in [0.4, 0.5) is 0 Å². The number of thioether (sulfide) groups is 1. The van der Waals surface area contributed by atoms with Crippen molar-refractivity contribution >= 4 is 11.8 Å². The second kappa shape index (κ2) is 5.73. The lowest BCUT2D eigenvalue weighted by Gasteiger charge is -2.24. The van der Waals surface area contributed by atoms with Crippen LogP contribution in [0.5, 0.6) is 0 Å². The zero-order valence-electron chi connectivity index (χ0n) is 9.93. The van der Waals surface area contributed by atoms with Crippen molar-refractivity contribution in [2.24, 2.45) is 11.7 Å². The Morgan fingerprint density at radius 2 is 2.31 bits per heavy atom. The third-order valence-electron chi connectivity index (χ3n) is 3.36. The summed E-state index contributed by atoms with van der Waals surface area (Å²) < 4.78 is 2.02. The van der Waals surface area contributed by atoms with E-state index in [9.17, 15) is 0 Å². The summed E-state index contributed by atoms with van der Waals surface area (Å²) in [6.07, 6.45) is 5.64. The Hall–Kier alpha value is -0.480. The van der Waals surface area contributed by atoms with Crippen molar-refractivity contribution in [3.05, 3.63) is 18.0 Å². The van der Waals surface area contributed by atoms with Crippen molar-refractivity contribution in [1.29, 1.82) is 0 Å². The van der Waals surface area contributed by atoms with E-state index in [1.807, 2.05) is 10.9 Å². The summed E-state index contributed by atoms with van der Waals surface area (Å²) in [5.41, 5.74) is 7.47. The van der Waals surface area contributed by atoms with Crippen molar-refractivity contribution in [3.8, 4) is 0 Å². The maximum Gasteiger partial charge on any atom is 0.0551 e. The Labute approximate surface area is 102 Å². The molecule has 16 heavy (non-hydrogen) atoms. The molecule has 1 aromatic heterocycles. The quantitative estimate of drug-likeness (QED) is 0.877. The van der Waals surface area contributed by atoms with Gasteiger partial charge in [0.05, 0.1) is 5.69 Å². The van der Waals surface area contributed by atoms with Crippen LogP contribution >= 0.6 is 11.8 Å². The van der Waals surface area contributed by atoms with Gasteiger partial charge in [-0.25, -0.2) is 0 Å². The molecule has 1 unspecified atom stereocenters. The van der Waals surface area contributed by atoms with E-state index in [4.69, 9.17) is 5.73 Å². The van der Waals surface area contributed by atoms with Crippen molar-refractivity contribution in [3.63, 3.8) is 0 Å². The van der Waals surface area contributed by atoms with Crippen molar-refractivity contribution in [2.45, 2.75) is 38.8 Å². The summed E-state index contributed by atoms with van der Waals surface area (Å²) in [6.45, 7) is 3.02. The highest BCUT2D eigenvalue weighted by molar-refractivity contribution is 7.99. The van der Waals surface area contributed by atoms with Crippen LogP contribution in [0.2, 0.25) is 0 Å². The molecule has 0 amide bonds. The molecule has 0 radical (unpaired) electrons. The normalized spacial score (nSPS) is 19.9. The zero-order valence-corrected chi connectivity index (χ0v) is 10.7. The molecule has 3 nitrogen and oxygen atoms in total. The van der Waals surface area contributed by atoms with Crippen LogP contribution in [0.3, 0.4) is 0 Å². The second-order valence-electron chi connectivity index (χ2n) is 4.47. The minimum Gasteiger partial charge on any atom is -0.323 e. The fraction of sp³-hybridized carbons (Fsp3) is 0.750. The molecule has 2 N–H and O–H groups in total. The van der Waals surface area contributed by atoms with Gasteiger partial charge in [0.25, 0.3) is 0 Å². The molecule has 90 valence electrons. The van der Waals surface area contributed by atoms with Gasteiger partial charge in [-0.15, -0.1) is 0 Å². The third-order valence-corrected chi connectivity index (χ3v) is 4.41. The Morgan fingerprint density at radius 1 is 1.56 bits per heavy atom. The first-order chi connectivity index (χ1) is 7.81. The van der Waals surface area contributed by atoms with Crippen LogP contribution in [0.15, 0.2) is 12.3 Å². The van der Waals surface area contributed by atoms with Crippen LogP contribution < -0.4 is 5.73 Å². The number of aryl methyl sites for hydroxylation is 1. The van der Waals surface area contributed by atoms with Crippen molar-refractivity contribution < 1.29 is 0 Å². The van der Waals surface area contributed by atoms with E-state index < -0.39 is 0 Å². The standard InChI is InChI=1S/C12H21N3S/c1-2-15-12(3-6-14-15)11(13)9-10-4-7-16-8-5-10/h3,6,10-11H,2,4-5,7-9,13H2,1H3. The van der Waals surface area contributed by atoms with E-state index in [2.05, 4.69) is 29.9 Å². The molecular weight excluding hydrogens is 218 g/mol. The average Bonchev–Trinajstić information content (AvgIpc) is 2.78. The molecule has 1 fully saturated rings. The number of aromatic nitrogens is 2. The lowest BCUT2D eigenvalue weighted by molar-refractivity contribution is 0.399. The number of rotatable bonds is 4. The molecule has 1 atom stereocenters. The van der Waals surface area contributed by atoms with Crippen LogP contribution in [0, 0.1) is 5.92 Å². The third kappa shape index (κ3) is 2.80. The van der Waals surface area contributed by atoms with E-state index in [1.54, 1.807) is 0 Å². The van der Waals surface area contributed by atoms with Gasteiger partial charge in [-0.3, -0.25) is 4.68 Å².